The molecule has 9 heteroatoms. The fourth-order valence-corrected chi connectivity index (χ4v) is 2.94. The normalized spacial score (nSPS) is 10.7. The average Bonchev–Trinajstić information content (AvgIpc) is 3.14. The molecule has 2 aromatic heterocycles. The Labute approximate surface area is 148 Å². The lowest BCUT2D eigenvalue weighted by atomic mass is 10.3. The smallest absolute Gasteiger partial charge is 0.284 e. The maximum Gasteiger partial charge on any atom is 0.284 e. The molecule has 23 heavy (non-hydrogen) atoms. The summed E-state index contributed by atoms with van der Waals surface area (Å²) in [6, 6.07) is 8.51. The van der Waals surface area contributed by atoms with Gasteiger partial charge in [-0.15, -0.1) is 10.2 Å². The Bertz CT molecular complexity index is 819. The van der Waals surface area contributed by atoms with Crippen LogP contribution in [0.15, 0.2) is 54.0 Å². The van der Waals surface area contributed by atoms with Crippen molar-refractivity contribution in [3.63, 3.8) is 0 Å². The van der Waals surface area contributed by atoms with Gasteiger partial charge in [0.15, 0.2) is 23.7 Å². The van der Waals surface area contributed by atoms with Gasteiger partial charge >= 0.3 is 0 Å². The first kappa shape index (κ1) is 16.1. The zero-order chi connectivity index (χ0) is 16.2. The number of halogens is 2. The molecule has 118 valence electrons. The van der Waals surface area contributed by atoms with Gasteiger partial charge in [0.2, 0.25) is 0 Å². The van der Waals surface area contributed by atoms with Crippen LogP contribution in [0.4, 0.5) is 0 Å². The standard InChI is InChI=1S/C14H8BrClN2O4S/c15-11-5-10(6-19)21-13(11)23-14-18-17-12(22-14)7-20-9-3-1-8(16)2-4-9/h1-6H,7H2. The van der Waals surface area contributed by atoms with Crippen LogP contribution in [0.1, 0.15) is 16.4 Å². The summed E-state index contributed by atoms with van der Waals surface area (Å²) in [7, 11) is 0. The van der Waals surface area contributed by atoms with Crippen LogP contribution in [0.2, 0.25) is 5.02 Å². The second-order valence-electron chi connectivity index (χ2n) is 4.21. The van der Waals surface area contributed by atoms with Gasteiger partial charge in [0.05, 0.1) is 4.47 Å². The van der Waals surface area contributed by atoms with Gasteiger partial charge in [-0.3, -0.25) is 4.79 Å². The number of hydrogen-bond donors (Lipinski definition) is 0. The van der Waals surface area contributed by atoms with E-state index in [2.05, 4.69) is 26.1 Å². The first-order chi connectivity index (χ1) is 11.1. The van der Waals surface area contributed by atoms with Crippen LogP contribution >= 0.6 is 39.3 Å². The Morgan fingerprint density at radius 3 is 2.74 bits per heavy atom. The molecule has 0 fully saturated rings. The molecular weight excluding hydrogens is 408 g/mol. The van der Waals surface area contributed by atoms with Crippen LogP contribution in [0.25, 0.3) is 0 Å². The fourth-order valence-electron chi connectivity index (χ4n) is 1.59. The summed E-state index contributed by atoms with van der Waals surface area (Å²) >= 11 is 10.2. The first-order valence-electron chi connectivity index (χ1n) is 6.27. The van der Waals surface area contributed by atoms with Crippen molar-refractivity contribution in [3.05, 3.63) is 51.5 Å². The topological polar surface area (TPSA) is 78.4 Å². The van der Waals surface area contributed by atoms with Gasteiger partial charge in [-0.25, -0.2) is 0 Å². The molecule has 0 saturated heterocycles. The number of aldehydes is 1. The fraction of sp³-hybridized carbons (Fsp3) is 0.0714. The number of carbonyl (C=O) groups excluding carboxylic acids is 1. The number of furan rings is 1. The predicted octanol–water partition coefficient (Wildman–Crippen LogP) is 4.62. The first-order valence-corrected chi connectivity index (χ1v) is 8.26. The van der Waals surface area contributed by atoms with Crippen molar-refractivity contribution in [2.45, 2.75) is 16.9 Å². The zero-order valence-corrected chi connectivity index (χ0v) is 14.5. The highest BCUT2D eigenvalue weighted by atomic mass is 79.9. The monoisotopic (exact) mass is 414 g/mol. The largest absolute Gasteiger partial charge is 0.484 e. The molecule has 0 saturated carbocycles. The van der Waals surface area contributed by atoms with Crippen molar-refractivity contribution in [2.24, 2.45) is 0 Å². The van der Waals surface area contributed by atoms with E-state index in [0.29, 0.717) is 32.5 Å². The number of nitrogens with zero attached hydrogens (tertiary/aromatic N) is 2. The molecule has 0 aliphatic rings. The lowest BCUT2D eigenvalue weighted by molar-refractivity contribution is 0.109. The quantitative estimate of drug-likeness (QED) is 0.543. The van der Waals surface area contributed by atoms with E-state index in [1.807, 2.05) is 0 Å². The Kier molecular flexibility index (Phi) is 5.04. The second kappa shape index (κ2) is 7.20. The zero-order valence-electron chi connectivity index (χ0n) is 11.4. The number of rotatable bonds is 6. The van der Waals surface area contributed by atoms with E-state index < -0.39 is 0 Å². The molecule has 0 N–H and O–H groups in total. The Morgan fingerprint density at radius 2 is 2.04 bits per heavy atom. The van der Waals surface area contributed by atoms with E-state index in [1.54, 1.807) is 30.3 Å². The van der Waals surface area contributed by atoms with Crippen molar-refractivity contribution < 1.29 is 18.4 Å². The van der Waals surface area contributed by atoms with Crippen molar-refractivity contribution >= 4 is 45.6 Å². The molecular formula is C14H8BrClN2O4S. The van der Waals surface area contributed by atoms with Gasteiger partial charge in [0.1, 0.15) is 5.75 Å². The molecule has 0 amide bonds. The Balaban J connectivity index is 1.62. The van der Waals surface area contributed by atoms with Crippen molar-refractivity contribution in [3.8, 4) is 5.75 Å². The average molecular weight is 416 g/mol. The highest BCUT2D eigenvalue weighted by molar-refractivity contribution is 9.10. The molecule has 0 radical (unpaired) electrons. The molecule has 0 aliphatic heterocycles. The van der Waals surface area contributed by atoms with Crippen molar-refractivity contribution in [1.82, 2.24) is 10.2 Å². The van der Waals surface area contributed by atoms with Crippen LogP contribution in [0.3, 0.4) is 0 Å². The molecule has 0 atom stereocenters. The van der Waals surface area contributed by atoms with Gasteiger partial charge in [-0.1, -0.05) is 11.6 Å². The third kappa shape index (κ3) is 4.15. The Hall–Kier alpha value is -1.77. The summed E-state index contributed by atoms with van der Waals surface area (Å²) in [4.78, 5) is 10.7. The highest BCUT2D eigenvalue weighted by Gasteiger charge is 2.15. The van der Waals surface area contributed by atoms with E-state index in [1.165, 1.54) is 0 Å². The summed E-state index contributed by atoms with van der Waals surface area (Å²) in [5.41, 5.74) is 0. The van der Waals surface area contributed by atoms with Gasteiger partial charge < -0.3 is 13.6 Å². The Morgan fingerprint density at radius 1 is 1.26 bits per heavy atom. The molecule has 2 heterocycles. The minimum absolute atomic E-state index is 0.133. The minimum atomic E-state index is 0.133. The number of hydrogen-bond acceptors (Lipinski definition) is 7. The second-order valence-corrected chi connectivity index (χ2v) is 6.42. The minimum Gasteiger partial charge on any atom is -0.484 e. The number of ether oxygens (including phenoxy) is 1. The van der Waals surface area contributed by atoms with Gasteiger partial charge in [-0.05, 0) is 40.2 Å². The maximum atomic E-state index is 10.7. The molecule has 0 bridgehead atoms. The summed E-state index contributed by atoms with van der Waals surface area (Å²) in [6.45, 7) is 0.133. The van der Waals surface area contributed by atoms with Crippen LogP contribution in [-0.2, 0) is 6.61 Å². The van der Waals surface area contributed by atoms with E-state index in [9.17, 15) is 4.79 Å². The number of benzene rings is 1. The maximum absolute atomic E-state index is 10.7. The summed E-state index contributed by atoms with van der Waals surface area (Å²) < 4.78 is 16.9. The third-order valence-corrected chi connectivity index (χ3v) is 4.53. The van der Waals surface area contributed by atoms with Crippen molar-refractivity contribution in [2.75, 3.05) is 0 Å². The lowest BCUT2D eigenvalue weighted by Gasteiger charge is -2.02. The highest BCUT2D eigenvalue weighted by Crippen LogP contribution is 2.34. The van der Waals surface area contributed by atoms with E-state index in [4.69, 9.17) is 25.2 Å². The van der Waals surface area contributed by atoms with Crippen LogP contribution < -0.4 is 4.74 Å². The SMILES string of the molecule is O=Cc1cc(Br)c(Sc2nnc(COc3ccc(Cl)cc3)o2)o1. The van der Waals surface area contributed by atoms with Gasteiger partial charge in [0.25, 0.3) is 11.1 Å². The van der Waals surface area contributed by atoms with Crippen LogP contribution in [-0.4, -0.2) is 16.5 Å². The molecule has 1 aromatic carbocycles. The van der Waals surface area contributed by atoms with E-state index in [0.717, 1.165) is 11.8 Å². The van der Waals surface area contributed by atoms with Crippen molar-refractivity contribution in [1.29, 1.82) is 0 Å². The van der Waals surface area contributed by atoms with Gasteiger partial charge in [0, 0.05) is 22.9 Å². The predicted molar refractivity (Wildman–Crippen MR) is 86.0 cm³/mol. The molecule has 6 nitrogen and oxygen atoms in total. The molecule has 0 spiro atoms. The molecule has 0 aliphatic carbocycles. The van der Waals surface area contributed by atoms with E-state index >= 15 is 0 Å². The number of carbonyl (C=O) groups is 1. The summed E-state index contributed by atoms with van der Waals surface area (Å²) in [5, 5.41) is 9.15. The van der Waals surface area contributed by atoms with Crippen LogP contribution in [0, 0.1) is 0 Å². The van der Waals surface area contributed by atoms with Gasteiger partial charge in [-0.2, -0.15) is 0 Å². The molecule has 3 aromatic rings. The summed E-state index contributed by atoms with van der Waals surface area (Å²) in [6.07, 6.45) is 0.619. The van der Waals surface area contributed by atoms with E-state index in [-0.39, 0.29) is 17.6 Å². The molecule has 3 rings (SSSR count). The summed E-state index contributed by atoms with van der Waals surface area (Å²) in [5.74, 6) is 1.18. The van der Waals surface area contributed by atoms with Crippen LogP contribution in [0.5, 0.6) is 5.75 Å². The third-order valence-electron chi connectivity index (χ3n) is 2.59. The lowest BCUT2D eigenvalue weighted by Crippen LogP contribution is -1.95. The molecule has 0 unspecified atom stereocenters. The number of aromatic nitrogens is 2.